The molecule has 4 heteroatoms. The predicted octanol–water partition coefficient (Wildman–Crippen LogP) is -3.47. The smallest absolute Gasteiger partial charge is 0.662 e. The molecular weight excluding hydrogens is 343 g/mol. The molecule has 16 heavy (non-hydrogen) atoms. The van der Waals surface area contributed by atoms with E-state index in [0.717, 1.165) is 22.4 Å². The van der Waals surface area contributed by atoms with E-state index in [4.69, 9.17) is 0 Å². The molecule has 0 amide bonds. The Balaban J connectivity index is 0.000000640. The molecule has 0 saturated heterocycles. The molecule has 0 aliphatic rings. The third-order valence-electron chi connectivity index (χ3n) is 2.52. The Morgan fingerprint density at radius 2 is 1.12 bits per heavy atom. The maximum absolute atomic E-state index is 4.49. The molecular formula is C12H10N2Rb2. The fourth-order valence-corrected chi connectivity index (χ4v) is 1.95. The quantitative estimate of drug-likeness (QED) is 0.420. The number of benzene rings is 1. The number of aromatic nitrogens is 2. The van der Waals surface area contributed by atoms with Crippen molar-refractivity contribution in [2.75, 3.05) is 0 Å². The minimum atomic E-state index is 0. The fraction of sp³-hybridized carbons (Fsp3) is 0.167. The Bertz CT molecular complexity index is 567. The van der Waals surface area contributed by atoms with Crippen LogP contribution in [0, 0.1) is 13.8 Å². The van der Waals surface area contributed by atoms with Gasteiger partial charge in [-0.2, -0.15) is 11.4 Å². The summed E-state index contributed by atoms with van der Waals surface area (Å²) >= 11 is 0. The first kappa shape index (κ1) is 16.0. The first-order valence-electron chi connectivity index (χ1n) is 4.71. The Kier molecular flexibility index (Phi) is 6.36. The molecule has 0 aliphatic carbocycles. The van der Waals surface area contributed by atoms with Crippen molar-refractivity contribution >= 4 is 21.8 Å². The van der Waals surface area contributed by atoms with Crippen LogP contribution in [-0.4, -0.2) is 0 Å². The summed E-state index contributed by atoms with van der Waals surface area (Å²) < 4.78 is 0. The van der Waals surface area contributed by atoms with Crippen molar-refractivity contribution in [3.05, 3.63) is 35.7 Å². The second kappa shape index (κ2) is 6.38. The Labute approximate surface area is 193 Å². The normalized spacial score (nSPS) is 10.1. The number of hydrogen-bond donors (Lipinski definition) is 0. The van der Waals surface area contributed by atoms with Gasteiger partial charge in [0.1, 0.15) is 0 Å². The molecule has 2 heterocycles. The van der Waals surface area contributed by atoms with E-state index in [9.17, 15) is 0 Å². The van der Waals surface area contributed by atoms with Crippen LogP contribution in [0.15, 0.2) is 24.3 Å². The molecule has 70 valence electrons. The number of fused-ring (bicyclic) bond motifs is 3. The van der Waals surface area contributed by atoms with Crippen molar-refractivity contribution < 1.29 is 116 Å². The zero-order chi connectivity index (χ0) is 9.71. The predicted molar refractivity (Wildman–Crippen MR) is 57.6 cm³/mol. The molecule has 0 fully saturated rings. The largest absolute Gasteiger partial charge is 1.00 e. The van der Waals surface area contributed by atoms with Crippen LogP contribution in [0.5, 0.6) is 0 Å². The molecule has 1 aromatic carbocycles. The molecule has 2 aromatic heterocycles. The van der Waals surface area contributed by atoms with Crippen molar-refractivity contribution in [2.45, 2.75) is 13.8 Å². The van der Waals surface area contributed by atoms with Gasteiger partial charge in [-0.05, 0) is 10.8 Å². The molecule has 2 nitrogen and oxygen atoms in total. The first-order valence-corrected chi connectivity index (χ1v) is 4.71. The van der Waals surface area contributed by atoms with Gasteiger partial charge in [0.05, 0.1) is 0 Å². The maximum Gasteiger partial charge on any atom is 1.00 e. The molecule has 0 N–H and O–H groups in total. The van der Waals surface area contributed by atoms with Crippen LogP contribution in [-0.2, 0) is 0 Å². The molecule has 3 rings (SSSR count). The van der Waals surface area contributed by atoms with Gasteiger partial charge in [-0.15, -0.1) is 11.0 Å². The average Bonchev–Trinajstić information content (AvgIpc) is 2.65. The third-order valence-corrected chi connectivity index (χ3v) is 2.52. The van der Waals surface area contributed by atoms with E-state index < -0.39 is 0 Å². The van der Waals surface area contributed by atoms with E-state index in [-0.39, 0.29) is 116 Å². The third kappa shape index (κ3) is 2.90. The van der Waals surface area contributed by atoms with E-state index in [1.165, 1.54) is 10.8 Å². The summed E-state index contributed by atoms with van der Waals surface area (Å²) in [5.74, 6) is 0. The Hall–Kier alpha value is 1.91. The summed E-state index contributed by atoms with van der Waals surface area (Å²) in [6.45, 7) is 4.03. The van der Waals surface area contributed by atoms with Crippen molar-refractivity contribution in [1.82, 2.24) is 9.97 Å². The molecule has 0 bridgehead atoms. The van der Waals surface area contributed by atoms with E-state index in [1.807, 2.05) is 13.8 Å². The average molecular weight is 353 g/mol. The molecule has 0 unspecified atom stereocenters. The van der Waals surface area contributed by atoms with Crippen LogP contribution in [0.3, 0.4) is 0 Å². The molecule has 3 aromatic rings. The summed E-state index contributed by atoms with van der Waals surface area (Å²) in [6.07, 6.45) is 0. The van der Waals surface area contributed by atoms with Gasteiger partial charge in [0.2, 0.25) is 0 Å². The van der Waals surface area contributed by atoms with Crippen molar-refractivity contribution in [1.29, 1.82) is 0 Å². The van der Waals surface area contributed by atoms with Crippen LogP contribution < -0.4 is 126 Å². The van der Waals surface area contributed by atoms with Gasteiger partial charge in [-0.25, -0.2) is 0 Å². The van der Waals surface area contributed by atoms with Gasteiger partial charge < -0.3 is 9.97 Å². The second-order valence-electron chi connectivity index (χ2n) is 3.74. The standard InChI is InChI=1S/C12H10N2.2Rb/c1-7-5-9-3-4-10-6-8(2)14-12(10)11(9)13-7;;/h3-6H,1-2H3;;/q-2;2*+1. The number of nitrogens with zero attached hydrogens (tertiary/aromatic N) is 2. The van der Waals surface area contributed by atoms with E-state index in [0.29, 0.717) is 0 Å². The summed E-state index contributed by atoms with van der Waals surface area (Å²) in [7, 11) is 0. The minimum Gasteiger partial charge on any atom is -0.662 e. The van der Waals surface area contributed by atoms with Crippen LogP contribution in [0.1, 0.15) is 11.4 Å². The minimum absolute atomic E-state index is 0. The van der Waals surface area contributed by atoms with Crippen LogP contribution in [0.25, 0.3) is 21.8 Å². The van der Waals surface area contributed by atoms with E-state index in [1.54, 1.807) is 0 Å². The molecule has 0 spiro atoms. The number of aryl methyl sites for hydroxylation is 2. The summed E-state index contributed by atoms with van der Waals surface area (Å²) in [6, 6.07) is 8.41. The van der Waals surface area contributed by atoms with Gasteiger partial charge in [-0.1, -0.05) is 38.1 Å². The second-order valence-corrected chi connectivity index (χ2v) is 3.74. The molecule has 0 radical (unpaired) electrons. The maximum atomic E-state index is 4.49. The Morgan fingerprint density at radius 1 is 0.750 bits per heavy atom. The summed E-state index contributed by atoms with van der Waals surface area (Å²) in [5, 5.41) is 2.38. The monoisotopic (exact) mass is 352 g/mol. The fourth-order valence-electron chi connectivity index (χ4n) is 1.95. The van der Waals surface area contributed by atoms with Crippen LogP contribution in [0.2, 0.25) is 0 Å². The topological polar surface area (TPSA) is 28.2 Å². The van der Waals surface area contributed by atoms with Crippen molar-refractivity contribution in [2.24, 2.45) is 0 Å². The number of hydrogen-bond acceptors (Lipinski definition) is 0. The zero-order valence-electron chi connectivity index (χ0n) is 10.2. The number of rotatable bonds is 0. The van der Waals surface area contributed by atoms with Crippen molar-refractivity contribution in [3.8, 4) is 0 Å². The van der Waals surface area contributed by atoms with Crippen LogP contribution >= 0.6 is 0 Å². The van der Waals surface area contributed by atoms with Crippen LogP contribution in [0.4, 0.5) is 0 Å². The van der Waals surface area contributed by atoms with Gasteiger partial charge in [-0.3, -0.25) is 0 Å². The first-order chi connectivity index (χ1) is 6.74. The van der Waals surface area contributed by atoms with E-state index in [2.05, 4.69) is 34.2 Å². The SMILES string of the molecule is Cc1cc2ccc3cc(C)[n-]c3c2[n-]1.[Rb+].[Rb+]. The summed E-state index contributed by atoms with van der Waals surface area (Å²) in [5.41, 5.74) is 4.20. The van der Waals surface area contributed by atoms with Crippen molar-refractivity contribution in [3.63, 3.8) is 0 Å². The summed E-state index contributed by atoms with van der Waals surface area (Å²) in [4.78, 5) is 8.98. The molecule has 0 saturated carbocycles. The molecule has 0 aliphatic heterocycles. The molecule has 0 atom stereocenters. The van der Waals surface area contributed by atoms with E-state index >= 15 is 0 Å². The van der Waals surface area contributed by atoms with Gasteiger partial charge in [0.15, 0.2) is 0 Å². The van der Waals surface area contributed by atoms with Gasteiger partial charge >= 0.3 is 116 Å². The van der Waals surface area contributed by atoms with Gasteiger partial charge in [0, 0.05) is 0 Å². The van der Waals surface area contributed by atoms with Gasteiger partial charge in [0.25, 0.3) is 0 Å². The Morgan fingerprint density at radius 3 is 1.50 bits per heavy atom. The zero-order valence-corrected chi connectivity index (χ0v) is 20.0.